The van der Waals surface area contributed by atoms with E-state index < -0.39 is 33.9 Å². The zero-order chi connectivity index (χ0) is 29.7. The molecule has 3 rings (SSSR count). The van der Waals surface area contributed by atoms with Gasteiger partial charge in [0.25, 0.3) is 0 Å². The molecule has 4 nitrogen and oxygen atoms in total. The van der Waals surface area contributed by atoms with Crippen LogP contribution in [-0.2, 0) is 21.0 Å². The first kappa shape index (κ1) is 32.4. The summed E-state index contributed by atoms with van der Waals surface area (Å²) in [5.41, 5.74) is -0.179. The van der Waals surface area contributed by atoms with Crippen LogP contribution >= 0.6 is 0 Å². The first-order valence-corrected chi connectivity index (χ1v) is 13.9. The van der Waals surface area contributed by atoms with E-state index in [0.29, 0.717) is 0 Å². The van der Waals surface area contributed by atoms with Gasteiger partial charge in [-0.3, -0.25) is 0 Å². The van der Waals surface area contributed by atoms with Crippen molar-refractivity contribution in [3.8, 4) is 5.75 Å². The zero-order valence-electron chi connectivity index (χ0n) is 20.9. The Morgan fingerprint density at radius 3 is 1.41 bits per heavy atom. The van der Waals surface area contributed by atoms with Gasteiger partial charge in [-0.1, -0.05) is 36.4 Å². The highest BCUT2D eigenvalue weighted by molar-refractivity contribution is 7.97. The molecule has 13 heteroatoms. The van der Waals surface area contributed by atoms with Crippen molar-refractivity contribution in [1.29, 1.82) is 0 Å². The average molecular weight is 599 g/mol. The van der Waals surface area contributed by atoms with Crippen molar-refractivity contribution in [3.63, 3.8) is 0 Å². The summed E-state index contributed by atoms with van der Waals surface area (Å²) in [6.45, 7) is 6.21. The number of benzene rings is 3. The lowest BCUT2D eigenvalue weighted by molar-refractivity contribution is -0.348. The van der Waals surface area contributed by atoms with Crippen LogP contribution < -0.4 is 4.74 Å². The molecule has 0 aliphatic rings. The molecular formula is C26H25F7O4S2. The fourth-order valence-corrected chi connectivity index (χ4v) is 5.75. The van der Waals surface area contributed by atoms with Crippen LogP contribution in [0.3, 0.4) is 0 Å². The van der Waals surface area contributed by atoms with Gasteiger partial charge in [-0.25, -0.2) is 8.42 Å². The van der Waals surface area contributed by atoms with Crippen molar-refractivity contribution in [2.75, 3.05) is 5.75 Å². The summed E-state index contributed by atoms with van der Waals surface area (Å²) in [6, 6.07) is 29.9. The molecule has 0 aromatic heterocycles. The standard InChI is InChI=1S/C22H23OS.C4H3F7O3S/c1-22(2,3)23-18-14-16-21(17-15-18)24(19-10-6-4-7-11-19)20-12-8-5-9-13-20;5-2(6,1-15(12,13)14)3(7,8)4(9,10)11/h4-17H,1-3H3;1H2,(H,12,13,14)/q+1;/p-1. The SMILES string of the molecule is CC(C)(C)Oc1ccc([S+](c2ccccc2)c2ccccc2)cc1.O=S(=O)([O-])CC(F)(F)C(F)(F)C(F)(F)F. The van der Waals surface area contributed by atoms with E-state index in [-0.39, 0.29) is 16.5 Å². The normalized spacial score (nSPS) is 13.0. The molecule has 0 saturated heterocycles. The Morgan fingerprint density at radius 1 is 0.692 bits per heavy atom. The summed E-state index contributed by atoms with van der Waals surface area (Å²) in [5, 5.41) is 0. The lowest BCUT2D eigenvalue weighted by Gasteiger charge is -2.28. The highest BCUT2D eigenvalue weighted by atomic mass is 32.2. The molecule has 39 heavy (non-hydrogen) atoms. The predicted octanol–water partition coefficient (Wildman–Crippen LogP) is 7.32. The number of hydrogen-bond donors (Lipinski definition) is 0. The predicted molar refractivity (Wildman–Crippen MR) is 132 cm³/mol. The molecule has 3 aromatic carbocycles. The molecule has 0 unspecified atom stereocenters. The van der Waals surface area contributed by atoms with E-state index in [9.17, 15) is 43.7 Å². The molecule has 0 atom stereocenters. The Hall–Kier alpha value is -2.77. The van der Waals surface area contributed by atoms with Gasteiger partial charge < -0.3 is 9.29 Å². The van der Waals surface area contributed by atoms with Crippen LogP contribution in [0, 0.1) is 0 Å². The molecule has 0 aliphatic carbocycles. The van der Waals surface area contributed by atoms with Gasteiger partial charge in [0.15, 0.2) is 14.7 Å². The van der Waals surface area contributed by atoms with E-state index in [1.165, 1.54) is 14.7 Å². The van der Waals surface area contributed by atoms with Crippen molar-refractivity contribution >= 4 is 21.0 Å². The second-order valence-corrected chi connectivity index (χ2v) is 12.5. The van der Waals surface area contributed by atoms with Gasteiger partial charge >= 0.3 is 18.0 Å². The highest BCUT2D eigenvalue weighted by Gasteiger charge is 2.73. The lowest BCUT2D eigenvalue weighted by Crippen LogP contribution is -2.55. The second-order valence-electron chi connectivity index (χ2n) is 9.10. The van der Waals surface area contributed by atoms with Crippen molar-refractivity contribution < 1.29 is 48.4 Å². The third-order valence-corrected chi connectivity index (χ3v) is 7.56. The summed E-state index contributed by atoms with van der Waals surface area (Å²) < 4.78 is 117. The minimum atomic E-state index is -6.64. The van der Waals surface area contributed by atoms with Gasteiger partial charge in [-0.15, -0.1) is 0 Å². The van der Waals surface area contributed by atoms with Crippen LogP contribution in [0.2, 0.25) is 0 Å². The summed E-state index contributed by atoms with van der Waals surface area (Å²) in [5.74, 6) is -14.8. The molecule has 214 valence electrons. The van der Waals surface area contributed by atoms with Gasteiger partial charge in [0.1, 0.15) is 27.2 Å². The average Bonchev–Trinajstić information content (AvgIpc) is 2.79. The van der Waals surface area contributed by atoms with E-state index in [2.05, 4.69) is 106 Å². The summed E-state index contributed by atoms with van der Waals surface area (Å²) >= 11 is 0. The van der Waals surface area contributed by atoms with E-state index >= 15 is 0 Å². The van der Waals surface area contributed by atoms with Gasteiger partial charge in [0.05, 0.1) is 10.9 Å². The summed E-state index contributed by atoms with van der Waals surface area (Å²) in [7, 11) is -6.01. The van der Waals surface area contributed by atoms with Crippen LogP contribution in [0.15, 0.2) is 99.6 Å². The van der Waals surface area contributed by atoms with Crippen LogP contribution in [0.25, 0.3) is 0 Å². The van der Waals surface area contributed by atoms with Crippen LogP contribution in [0.4, 0.5) is 30.7 Å². The quantitative estimate of drug-likeness (QED) is 0.162. The van der Waals surface area contributed by atoms with Crippen molar-refractivity contribution in [2.24, 2.45) is 0 Å². The molecule has 0 amide bonds. The number of halogens is 7. The maximum atomic E-state index is 12.1. The van der Waals surface area contributed by atoms with Gasteiger partial charge in [0, 0.05) is 0 Å². The molecule has 0 radical (unpaired) electrons. The monoisotopic (exact) mass is 598 g/mol. The van der Waals surface area contributed by atoms with Gasteiger partial charge in [0.2, 0.25) is 0 Å². The molecule has 0 bridgehead atoms. The van der Waals surface area contributed by atoms with Gasteiger partial charge in [-0.05, 0) is 69.3 Å². The van der Waals surface area contributed by atoms with E-state index in [1.54, 1.807) is 0 Å². The first-order chi connectivity index (χ1) is 17.7. The van der Waals surface area contributed by atoms with Crippen molar-refractivity contribution in [1.82, 2.24) is 0 Å². The molecular weight excluding hydrogens is 573 g/mol. The van der Waals surface area contributed by atoms with E-state index in [1.807, 2.05) is 0 Å². The number of hydrogen-bond acceptors (Lipinski definition) is 4. The van der Waals surface area contributed by atoms with Crippen LogP contribution in [0.5, 0.6) is 5.75 Å². The Labute approximate surface area is 224 Å². The van der Waals surface area contributed by atoms with Crippen LogP contribution in [0.1, 0.15) is 20.8 Å². The second kappa shape index (κ2) is 12.2. The topological polar surface area (TPSA) is 66.4 Å². The van der Waals surface area contributed by atoms with E-state index in [4.69, 9.17) is 4.74 Å². The Balaban J connectivity index is 0.000000309. The maximum absolute atomic E-state index is 12.1. The molecule has 3 aromatic rings. The summed E-state index contributed by atoms with van der Waals surface area (Å²) in [6.07, 6.45) is -6.64. The fraction of sp³-hybridized carbons (Fsp3) is 0.308. The number of rotatable bonds is 7. The fourth-order valence-electron chi connectivity index (χ4n) is 3.04. The first-order valence-electron chi connectivity index (χ1n) is 11.1. The Kier molecular flexibility index (Phi) is 10.1. The van der Waals surface area contributed by atoms with Crippen molar-refractivity contribution in [3.05, 3.63) is 84.9 Å². The molecule has 0 aliphatic heterocycles. The molecule has 0 spiro atoms. The highest BCUT2D eigenvalue weighted by Crippen LogP contribution is 2.46. The molecule has 0 heterocycles. The Morgan fingerprint density at radius 2 is 1.08 bits per heavy atom. The van der Waals surface area contributed by atoms with Gasteiger partial charge in [-0.2, -0.15) is 30.7 Å². The third kappa shape index (κ3) is 9.43. The molecule has 0 fully saturated rings. The van der Waals surface area contributed by atoms with E-state index in [0.717, 1.165) is 5.75 Å². The molecule has 0 saturated carbocycles. The zero-order valence-corrected chi connectivity index (χ0v) is 22.5. The largest absolute Gasteiger partial charge is 0.748 e. The third-order valence-electron chi connectivity index (χ3n) is 4.61. The lowest BCUT2D eigenvalue weighted by atomic mass is 10.2. The number of alkyl halides is 7. The maximum Gasteiger partial charge on any atom is 0.459 e. The smallest absolute Gasteiger partial charge is 0.459 e. The van der Waals surface area contributed by atoms with Crippen LogP contribution in [-0.4, -0.2) is 42.3 Å². The molecule has 0 N–H and O–H groups in total. The minimum Gasteiger partial charge on any atom is -0.748 e. The number of ether oxygens (including phenoxy) is 1. The minimum absolute atomic E-state index is 0.102. The summed E-state index contributed by atoms with van der Waals surface area (Å²) in [4.78, 5) is 3.95. The Bertz CT molecular complexity index is 1250. The van der Waals surface area contributed by atoms with Crippen molar-refractivity contribution in [2.45, 2.75) is 59.1 Å².